The normalized spacial score (nSPS) is 12.4. The molecular formula is C17H19F2N. The second-order valence-corrected chi connectivity index (χ2v) is 5.23. The van der Waals surface area contributed by atoms with Crippen LogP contribution in [-0.4, -0.2) is 0 Å². The summed E-state index contributed by atoms with van der Waals surface area (Å²) in [6, 6.07) is 10.8. The highest BCUT2D eigenvalue weighted by molar-refractivity contribution is 5.28. The van der Waals surface area contributed by atoms with Crippen molar-refractivity contribution >= 4 is 0 Å². The fourth-order valence-corrected chi connectivity index (χ4v) is 2.18. The van der Waals surface area contributed by atoms with Gasteiger partial charge in [-0.15, -0.1) is 0 Å². The fraction of sp³-hybridized carbons (Fsp3) is 0.294. The molecule has 0 heterocycles. The summed E-state index contributed by atoms with van der Waals surface area (Å²) in [6.45, 7) is 3.57. The maximum Gasteiger partial charge on any atom is 0.163 e. The maximum atomic E-state index is 13.8. The lowest BCUT2D eigenvalue weighted by molar-refractivity contribution is 0.479. The van der Waals surface area contributed by atoms with E-state index in [1.54, 1.807) is 19.1 Å². The maximum absolute atomic E-state index is 13.8. The molecule has 2 aromatic rings. The molecule has 1 nitrogen and oxygen atoms in total. The van der Waals surface area contributed by atoms with Crippen molar-refractivity contribution in [2.45, 2.75) is 32.7 Å². The van der Waals surface area contributed by atoms with Gasteiger partial charge in [-0.25, -0.2) is 8.78 Å². The van der Waals surface area contributed by atoms with E-state index in [0.29, 0.717) is 12.0 Å². The predicted octanol–water partition coefficient (Wildman–Crippen LogP) is 4.21. The molecule has 0 radical (unpaired) electrons. The molecule has 2 rings (SSSR count). The van der Waals surface area contributed by atoms with Crippen molar-refractivity contribution in [1.29, 1.82) is 0 Å². The minimum Gasteiger partial charge on any atom is -0.324 e. The van der Waals surface area contributed by atoms with Crippen LogP contribution >= 0.6 is 0 Å². The predicted molar refractivity (Wildman–Crippen MR) is 77.5 cm³/mol. The van der Waals surface area contributed by atoms with Crippen LogP contribution < -0.4 is 5.73 Å². The Balaban J connectivity index is 2.07. The highest BCUT2D eigenvalue weighted by Gasteiger charge is 2.16. The SMILES string of the molecule is Cc1ccc(CCC(N)c2ccc(C)c(F)c2F)cc1. The first-order valence-corrected chi connectivity index (χ1v) is 6.74. The second kappa shape index (κ2) is 6.14. The molecule has 0 bridgehead atoms. The van der Waals surface area contributed by atoms with E-state index in [0.717, 1.165) is 12.0 Å². The van der Waals surface area contributed by atoms with Crippen molar-refractivity contribution in [1.82, 2.24) is 0 Å². The van der Waals surface area contributed by atoms with Crippen LogP contribution in [0.4, 0.5) is 8.78 Å². The third-order valence-electron chi connectivity index (χ3n) is 3.57. The molecule has 0 aliphatic heterocycles. The third-order valence-corrected chi connectivity index (χ3v) is 3.57. The highest BCUT2D eigenvalue weighted by atomic mass is 19.2. The van der Waals surface area contributed by atoms with Crippen LogP contribution in [0.5, 0.6) is 0 Å². The topological polar surface area (TPSA) is 26.0 Å². The van der Waals surface area contributed by atoms with E-state index in [9.17, 15) is 8.78 Å². The molecule has 0 aromatic heterocycles. The summed E-state index contributed by atoms with van der Waals surface area (Å²) >= 11 is 0. The first kappa shape index (κ1) is 14.7. The molecule has 1 atom stereocenters. The lowest BCUT2D eigenvalue weighted by Gasteiger charge is -2.14. The van der Waals surface area contributed by atoms with Crippen LogP contribution in [0.2, 0.25) is 0 Å². The Kier molecular flexibility index (Phi) is 4.50. The summed E-state index contributed by atoms with van der Waals surface area (Å²) in [7, 11) is 0. The number of rotatable bonds is 4. The summed E-state index contributed by atoms with van der Waals surface area (Å²) in [6.07, 6.45) is 1.33. The van der Waals surface area contributed by atoms with Crippen LogP contribution in [0.15, 0.2) is 36.4 Å². The van der Waals surface area contributed by atoms with Gasteiger partial charge in [0.1, 0.15) is 0 Å². The lowest BCUT2D eigenvalue weighted by Crippen LogP contribution is -2.14. The van der Waals surface area contributed by atoms with Crippen LogP contribution in [-0.2, 0) is 6.42 Å². The Morgan fingerprint density at radius 2 is 1.60 bits per heavy atom. The van der Waals surface area contributed by atoms with Gasteiger partial charge in [-0.05, 0) is 37.8 Å². The monoisotopic (exact) mass is 275 g/mol. The van der Waals surface area contributed by atoms with E-state index >= 15 is 0 Å². The minimum atomic E-state index is -0.818. The highest BCUT2D eigenvalue weighted by Crippen LogP contribution is 2.23. The number of halogens is 2. The molecule has 0 saturated heterocycles. The van der Waals surface area contributed by atoms with E-state index < -0.39 is 17.7 Å². The summed E-state index contributed by atoms with van der Waals surface area (Å²) in [5, 5.41) is 0. The molecule has 0 spiro atoms. The lowest BCUT2D eigenvalue weighted by atomic mass is 9.98. The summed E-state index contributed by atoms with van der Waals surface area (Å²) < 4.78 is 27.4. The average Bonchev–Trinajstić information content (AvgIpc) is 2.44. The van der Waals surface area contributed by atoms with Crippen LogP contribution in [0.3, 0.4) is 0 Å². The standard InChI is InChI=1S/C17H19F2N/c1-11-3-6-13(7-4-11)8-10-15(20)14-9-5-12(2)16(18)17(14)19/h3-7,9,15H,8,10,20H2,1-2H3. The van der Waals surface area contributed by atoms with Crippen molar-refractivity contribution in [2.75, 3.05) is 0 Å². The molecule has 0 aliphatic rings. The van der Waals surface area contributed by atoms with Gasteiger partial charge in [0.15, 0.2) is 11.6 Å². The average molecular weight is 275 g/mol. The Morgan fingerprint density at radius 3 is 2.25 bits per heavy atom. The van der Waals surface area contributed by atoms with E-state index in [-0.39, 0.29) is 5.56 Å². The van der Waals surface area contributed by atoms with Crippen molar-refractivity contribution in [3.05, 3.63) is 70.3 Å². The van der Waals surface area contributed by atoms with Crippen molar-refractivity contribution in [3.63, 3.8) is 0 Å². The fourth-order valence-electron chi connectivity index (χ4n) is 2.18. The zero-order chi connectivity index (χ0) is 14.7. The summed E-state index contributed by atoms with van der Waals surface area (Å²) in [5.41, 5.74) is 8.89. The van der Waals surface area contributed by atoms with Crippen molar-refractivity contribution in [2.24, 2.45) is 5.73 Å². The summed E-state index contributed by atoms with van der Waals surface area (Å²) in [4.78, 5) is 0. The Hall–Kier alpha value is -1.74. The van der Waals surface area contributed by atoms with Crippen LogP contribution in [0, 0.1) is 25.5 Å². The number of nitrogens with two attached hydrogens (primary N) is 1. The molecule has 0 aliphatic carbocycles. The first-order valence-electron chi connectivity index (χ1n) is 6.74. The summed E-state index contributed by atoms with van der Waals surface area (Å²) in [5.74, 6) is -1.62. The number of hydrogen-bond acceptors (Lipinski definition) is 1. The molecular weight excluding hydrogens is 256 g/mol. The second-order valence-electron chi connectivity index (χ2n) is 5.23. The third kappa shape index (κ3) is 3.23. The smallest absolute Gasteiger partial charge is 0.163 e. The Bertz CT molecular complexity index is 591. The number of benzene rings is 2. The van der Waals surface area contributed by atoms with Gasteiger partial charge in [-0.3, -0.25) is 0 Å². The molecule has 1 unspecified atom stereocenters. The molecule has 2 N–H and O–H groups in total. The molecule has 0 saturated carbocycles. The first-order chi connectivity index (χ1) is 9.49. The van der Waals surface area contributed by atoms with Gasteiger partial charge in [0.05, 0.1) is 0 Å². The molecule has 0 fully saturated rings. The van der Waals surface area contributed by atoms with E-state index in [1.807, 2.05) is 31.2 Å². The largest absolute Gasteiger partial charge is 0.324 e. The molecule has 106 valence electrons. The van der Waals surface area contributed by atoms with Crippen LogP contribution in [0.25, 0.3) is 0 Å². The molecule has 0 amide bonds. The van der Waals surface area contributed by atoms with Gasteiger partial charge in [0, 0.05) is 11.6 Å². The van der Waals surface area contributed by atoms with Gasteiger partial charge >= 0.3 is 0 Å². The molecule has 20 heavy (non-hydrogen) atoms. The number of aryl methyl sites for hydroxylation is 3. The van der Waals surface area contributed by atoms with Crippen LogP contribution in [0.1, 0.15) is 34.7 Å². The van der Waals surface area contributed by atoms with E-state index in [4.69, 9.17) is 5.73 Å². The van der Waals surface area contributed by atoms with Gasteiger partial charge in [0.25, 0.3) is 0 Å². The number of hydrogen-bond donors (Lipinski definition) is 1. The quantitative estimate of drug-likeness (QED) is 0.888. The zero-order valence-electron chi connectivity index (χ0n) is 11.8. The van der Waals surface area contributed by atoms with E-state index in [2.05, 4.69) is 0 Å². The Labute approximate surface area is 118 Å². The minimum absolute atomic E-state index is 0.250. The van der Waals surface area contributed by atoms with Crippen molar-refractivity contribution in [3.8, 4) is 0 Å². The van der Waals surface area contributed by atoms with Gasteiger partial charge in [0.2, 0.25) is 0 Å². The van der Waals surface area contributed by atoms with Gasteiger partial charge in [-0.1, -0.05) is 42.0 Å². The molecule has 2 aromatic carbocycles. The van der Waals surface area contributed by atoms with Gasteiger partial charge in [-0.2, -0.15) is 0 Å². The van der Waals surface area contributed by atoms with Crippen molar-refractivity contribution < 1.29 is 8.78 Å². The van der Waals surface area contributed by atoms with Gasteiger partial charge < -0.3 is 5.73 Å². The zero-order valence-corrected chi connectivity index (χ0v) is 11.8. The molecule has 3 heteroatoms. The Morgan fingerprint density at radius 1 is 0.950 bits per heavy atom. The van der Waals surface area contributed by atoms with E-state index in [1.165, 1.54) is 5.56 Å².